The predicted molar refractivity (Wildman–Crippen MR) is 73.1 cm³/mol. The molecule has 19 heavy (non-hydrogen) atoms. The van der Waals surface area contributed by atoms with Crippen molar-refractivity contribution in [2.45, 2.75) is 16.8 Å². The lowest BCUT2D eigenvalue weighted by atomic mass is 10.2. The van der Waals surface area contributed by atoms with E-state index in [1.165, 1.54) is 11.8 Å². The van der Waals surface area contributed by atoms with Gasteiger partial charge in [0.1, 0.15) is 10.8 Å². The molecule has 2 aromatic rings. The lowest BCUT2D eigenvalue weighted by molar-refractivity contribution is 0.0692. The molecular weight excluding hydrogens is 262 g/mol. The number of benzene rings is 1. The quantitative estimate of drug-likeness (QED) is 0.928. The Morgan fingerprint density at radius 2 is 2.00 bits per heavy atom. The first-order valence-electron chi connectivity index (χ1n) is 5.63. The third kappa shape index (κ3) is 3.06. The highest BCUT2D eigenvalue weighted by molar-refractivity contribution is 7.99. The monoisotopic (exact) mass is 275 g/mol. The molecule has 0 amide bonds. The van der Waals surface area contributed by atoms with Gasteiger partial charge in [-0.05, 0) is 31.2 Å². The highest BCUT2D eigenvalue weighted by Crippen LogP contribution is 2.35. The van der Waals surface area contributed by atoms with E-state index < -0.39 is 5.97 Å². The summed E-state index contributed by atoms with van der Waals surface area (Å²) in [5.74, 6) is -0.281. The van der Waals surface area contributed by atoms with Crippen LogP contribution in [-0.4, -0.2) is 23.2 Å². The molecule has 0 saturated carbocycles. The van der Waals surface area contributed by atoms with Crippen LogP contribution in [0.4, 0.5) is 0 Å². The Hall–Kier alpha value is -2.01. The molecule has 0 aliphatic rings. The van der Waals surface area contributed by atoms with Crippen molar-refractivity contribution < 1.29 is 14.6 Å². The number of pyridine rings is 1. The van der Waals surface area contributed by atoms with Crippen molar-refractivity contribution in [1.82, 2.24) is 4.98 Å². The summed E-state index contributed by atoms with van der Waals surface area (Å²) in [6, 6.07) is 10.7. The van der Waals surface area contributed by atoms with Gasteiger partial charge in [-0.25, -0.2) is 9.78 Å². The molecule has 0 unspecified atom stereocenters. The Bertz CT molecular complexity index is 613. The summed E-state index contributed by atoms with van der Waals surface area (Å²) in [6.45, 7) is 1.83. The van der Waals surface area contributed by atoms with Crippen LogP contribution in [0.5, 0.6) is 5.75 Å². The van der Waals surface area contributed by atoms with Crippen LogP contribution in [0.25, 0.3) is 0 Å². The van der Waals surface area contributed by atoms with Crippen LogP contribution in [0.15, 0.2) is 46.3 Å². The molecule has 0 aliphatic heterocycles. The molecule has 1 aromatic carbocycles. The molecule has 0 fully saturated rings. The number of aromatic carboxylic acids is 1. The molecule has 0 atom stereocenters. The number of aromatic nitrogens is 1. The van der Waals surface area contributed by atoms with Gasteiger partial charge >= 0.3 is 5.97 Å². The van der Waals surface area contributed by atoms with Gasteiger partial charge in [0.15, 0.2) is 0 Å². The minimum absolute atomic E-state index is 0.196. The summed E-state index contributed by atoms with van der Waals surface area (Å²) in [5, 5.41) is 9.65. The first kappa shape index (κ1) is 13.4. The van der Waals surface area contributed by atoms with Gasteiger partial charge in [-0.15, -0.1) is 0 Å². The molecule has 0 bridgehead atoms. The minimum Gasteiger partial charge on any atom is -0.496 e. The fourth-order valence-electron chi connectivity index (χ4n) is 1.58. The van der Waals surface area contributed by atoms with Crippen LogP contribution in [0.3, 0.4) is 0 Å². The number of rotatable bonds is 4. The summed E-state index contributed by atoms with van der Waals surface area (Å²) < 4.78 is 5.25. The summed E-state index contributed by atoms with van der Waals surface area (Å²) in [5.41, 5.74) is 0.976. The van der Waals surface area contributed by atoms with E-state index in [0.29, 0.717) is 10.8 Å². The normalized spacial score (nSPS) is 10.2. The van der Waals surface area contributed by atoms with Gasteiger partial charge in [0, 0.05) is 5.69 Å². The molecule has 2 rings (SSSR count). The Labute approximate surface area is 115 Å². The Morgan fingerprint density at radius 3 is 2.68 bits per heavy atom. The van der Waals surface area contributed by atoms with E-state index in [9.17, 15) is 9.90 Å². The summed E-state index contributed by atoms with van der Waals surface area (Å²) in [7, 11) is 1.58. The first-order valence-corrected chi connectivity index (χ1v) is 6.45. The molecular formula is C14H13NO3S. The second-order valence-electron chi connectivity index (χ2n) is 3.86. The maximum Gasteiger partial charge on any atom is 0.338 e. The van der Waals surface area contributed by atoms with Crippen LogP contribution >= 0.6 is 11.8 Å². The molecule has 0 radical (unpaired) electrons. The SMILES string of the molecule is COc1ccccc1Sc1nc(C)ccc1C(=O)O. The average molecular weight is 275 g/mol. The topological polar surface area (TPSA) is 59.4 Å². The molecule has 0 spiro atoms. The summed E-state index contributed by atoms with van der Waals surface area (Å²) in [4.78, 5) is 16.3. The number of carboxylic acids is 1. The number of hydrogen-bond donors (Lipinski definition) is 1. The highest BCUT2D eigenvalue weighted by atomic mass is 32.2. The summed E-state index contributed by atoms with van der Waals surface area (Å²) >= 11 is 1.29. The minimum atomic E-state index is -0.982. The first-order chi connectivity index (χ1) is 9.11. The van der Waals surface area contributed by atoms with Gasteiger partial charge in [0.25, 0.3) is 0 Å². The van der Waals surface area contributed by atoms with E-state index in [4.69, 9.17) is 4.74 Å². The van der Waals surface area contributed by atoms with Crippen molar-refractivity contribution in [3.05, 3.63) is 47.7 Å². The average Bonchev–Trinajstić information content (AvgIpc) is 2.39. The van der Waals surface area contributed by atoms with Crippen molar-refractivity contribution in [3.8, 4) is 5.75 Å². The predicted octanol–water partition coefficient (Wildman–Crippen LogP) is 3.25. The van der Waals surface area contributed by atoms with Gasteiger partial charge in [-0.1, -0.05) is 23.9 Å². The van der Waals surface area contributed by atoms with E-state index in [2.05, 4.69) is 4.98 Å². The zero-order valence-electron chi connectivity index (χ0n) is 10.6. The molecule has 0 aliphatic carbocycles. The summed E-state index contributed by atoms with van der Waals surface area (Å²) in [6.07, 6.45) is 0. The van der Waals surface area contributed by atoms with Crippen molar-refractivity contribution in [2.24, 2.45) is 0 Å². The van der Waals surface area contributed by atoms with Crippen LogP contribution in [0, 0.1) is 6.92 Å². The zero-order chi connectivity index (χ0) is 13.8. The Balaban J connectivity index is 2.42. The number of para-hydroxylation sites is 1. The Kier molecular flexibility index (Phi) is 4.06. The fourth-order valence-corrected chi connectivity index (χ4v) is 2.64. The molecule has 4 nitrogen and oxygen atoms in total. The third-order valence-corrected chi connectivity index (χ3v) is 3.57. The van der Waals surface area contributed by atoms with Gasteiger partial charge < -0.3 is 9.84 Å². The molecule has 98 valence electrons. The van der Waals surface area contributed by atoms with E-state index in [1.807, 2.05) is 31.2 Å². The van der Waals surface area contributed by atoms with Crippen LogP contribution in [0.2, 0.25) is 0 Å². The fraction of sp³-hybridized carbons (Fsp3) is 0.143. The number of nitrogens with zero attached hydrogens (tertiary/aromatic N) is 1. The Morgan fingerprint density at radius 1 is 1.26 bits per heavy atom. The van der Waals surface area contributed by atoms with E-state index in [1.54, 1.807) is 19.2 Å². The lowest BCUT2D eigenvalue weighted by Crippen LogP contribution is -2.01. The molecule has 5 heteroatoms. The number of ether oxygens (including phenoxy) is 1. The molecule has 1 heterocycles. The highest BCUT2D eigenvalue weighted by Gasteiger charge is 2.14. The van der Waals surface area contributed by atoms with Gasteiger partial charge in [0.05, 0.1) is 17.6 Å². The van der Waals surface area contributed by atoms with E-state index in [0.717, 1.165) is 10.6 Å². The number of carbonyl (C=O) groups is 1. The van der Waals surface area contributed by atoms with Crippen LogP contribution < -0.4 is 4.74 Å². The van der Waals surface area contributed by atoms with E-state index in [-0.39, 0.29) is 5.56 Å². The van der Waals surface area contributed by atoms with Crippen LogP contribution in [0.1, 0.15) is 16.1 Å². The lowest BCUT2D eigenvalue weighted by Gasteiger charge is -2.09. The number of hydrogen-bond acceptors (Lipinski definition) is 4. The second-order valence-corrected chi connectivity index (χ2v) is 4.89. The number of carboxylic acid groups (broad SMARTS) is 1. The van der Waals surface area contributed by atoms with Gasteiger partial charge in [-0.2, -0.15) is 0 Å². The van der Waals surface area contributed by atoms with Crippen LogP contribution in [-0.2, 0) is 0 Å². The largest absolute Gasteiger partial charge is 0.496 e. The zero-order valence-corrected chi connectivity index (χ0v) is 11.4. The maximum atomic E-state index is 11.2. The van der Waals surface area contributed by atoms with Gasteiger partial charge in [-0.3, -0.25) is 0 Å². The molecule has 0 saturated heterocycles. The standard InChI is InChI=1S/C14H13NO3S/c1-9-7-8-10(14(16)17)13(15-9)19-12-6-4-3-5-11(12)18-2/h3-8H,1-2H3,(H,16,17). The van der Waals surface area contributed by atoms with Crippen molar-refractivity contribution >= 4 is 17.7 Å². The third-order valence-electron chi connectivity index (χ3n) is 2.51. The second kappa shape index (κ2) is 5.75. The van der Waals surface area contributed by atoms with Crippen molar-refractivity contribution in [1.29, 1.82) is 0 Å². The molecule has 1 aromatic heterocycles. The van der Waals surface area contributed by atoms with Crippen molar-refractivity contribution in [3.63, 3.8) is 0 Å². The smallest absolute Gasteiger partial charge is 0.338 e. The molecule has 1 N–H and O–H groups in total. The maximum absolute atomic E-state index is 11.2. The number of methoxy groups -OCH3 is 1. The van der Waals surface area contributed by atoms with Crippen molar-refractivity contribution in [2.75, 3.05) is 7.11 Å². The number of aryl methyl sites for hydroxylation is 1. The van der Waals surface area contributed by atoms with Gasteiger partial charge in [0.2, 0.25) is 0 Å². The van der Waals surface area contributed by atoms with E-state index >= 15 is 0 Å².